The zero-order chi connectivity index (χ0) is 23.5. The second kappa shape index (κ2) is 9.95. The van der Waals surface area contributed by atoms with Crippen LogP contribution in [0.15, 0.2) is 70.7 Å². The Labute approximate surface area is 201 Å². The molecule has 0 unspecified atom stereocenters. The van der Waals surface area contributed by atoms with Gasteiger partial charge in [0.1, 0.15) is 0 Å². The topological polar surface area (TPSA) is 86.1 Å². The number of nitrogens with zero attached hydrogens (tertiary/aromatic N) is 3. The Kier molecular flexibility index (Phi) is 6.60. The maximum Gasteiger partial charge on any atom is 0.263 e. The van der Waals surface area contributed by atoms with Gasteiger partial charge in [0, 0.05) is 12.8 Å². The predicted octanol–water partition coefficient (Wildman–Crippen LogP) is 4.09. The van der Waals surface area contributed by atoms with Crippen molar-refractivity contribution in [3.05, 3.63) is 76.7 Å². The first-order valence-corrected chi connectivity index (χ1v) is 12.4. The fraction of sp³-hybridized carbons (Fsp3) is 0.308. The number of ether oxygens (including phenoxy) is 1. The monoisotopic (exact) mass is 474 g/mol. The number of thioether (sulfide) groups is 1. The van der Waals surface area contributed by atoms with Crippen molar-refractivity contribution < 1.29 is 9.53 Å². The van der Waals surface area contributed by atoms with E-state index in [1.165, 1.54) is 17.1 Å². The molecule has 174 valence electrons. The van der Waals surface area contributed by atoms with Crippen LogP contribution >= 0.6 is 11.8 Å². The van der Waals surface area contributed by atoms with E-state index < -0.39 is 0 Å². The molecule has 7 nitrogen and oxygen atoms in total. The van der Waals surface area contributed by atoms with E-state index >= 15 is 0 Å². The van der Waals surface area contributed by atoms with Gasteiger partial charge in [0.25, 0.3) is 5.56 Å². The minimum Gasteiger partial charge on any atom is -0.376 e. The van der Waals surface area contributed by atoms with E-state index in [1.807, 2.05) is 25.1 Å². The number of nitrogens with one attached hydrogen (secondary N) is 1. The molecular formula is C26H26N4O3S. The molecular weight excluding hydrogens is 448 g/mol. The van der Waals surface area contributed by atoms with Crippen LogP contribution in [0.2, 0.25) is 0 Å². The Balaban J connectivity index is 1.32. The molecule has 5 rings (SSSR count). The molecule has 1 amide bonds. The molecule has 0 saturated carbocycles. The minimum atomic E-state index is -0.152. The number of carbonyl (C=O) groups excluding carboxylic acids is 1. The number of benzene rings is 2. The molecule has 1 N–H and O–H groups in total. The van der Waals surface area contributed by atoms with Gasteiger partial charge in [-0.2, -0.15) is 0 Å². The van der Waals surface area contributed by atoms with Gasteiger partial charge in [0.2, 0.25) is 5.91 Å². The quantitative estimate of drug-likeness (QED) is 0.321. The van der Waals surface area contributed by atoms with Crippen LogP contribution in [-0.2, 0) is 16.1 Å². The third-order valence-corrected chi connectivity index (χ3v) is 7.06. The molecule has 0 aliphatic carbocycles. The van der Waals surface area contributed by atoms with Gasteiger partial charge in [-0.15, -0.1) is 0 Å². The van der Waals surface area contributed by atoms with E-state index in [-0.39, 0.29) is 29.4 Å². The van der Waals surface area contributed by atoms with E-state index in [1.54, 1.807) is 22.9 Å². The van der Waals surface area contributed by atoms with Crippen molar-refractivity contribution in [3.8, 4) is 0 Å². The smallest absolute Gasteiger partial charge is 0.263 e. The van der Waals surface area contributed by atoms with Crippen molar-refractivity contribution >= 4 is 39.5 Å². The molecule has 0 radical (unpaired) electrons. The number of rotatable bonds is 7. The molecule has 2 aromatic carbocycles. The van der Waals surface area contributed by atoms with E-state index in [9.17, 15) is 9.59 Å². The molecule has 1 aliphatic heterocycles. The molecule has 2 atom stereocenters. The summed E-state index contributed by atoms with van der Waals surface area (Å²) in [6.45, 7) is 3.10. The third-order valence-electron chi connectivity index (χ3n) is 6.09. The highest BCUT2D eigenvalue weighted by Gasteiger charge is 2.21. The van der Waals surface area contributed by atoms with E-state index in [0.29, 0.717) is 29.3 Å². The van der Waals surface area contributed by atoms with Crippen LogP contribution in [0.25, 0.3) is 21.8 Å². The maximum atomic E-state index is 13.2. The van der Waals surface area contributed by atoms with Crippen molar-refractivity contribution in [2.45, 2.75) is 43.6 Å². The van der Waals surface area contributed by atoms with Crippen LogP contribution in [-0.4, -0.2) is 38.9 Å². The zero-order valence-electron chi connectivity index (χ0n) is 18.9. The van der Waals surface area contributed by atoms with Gasteiger partial charge in [-0.05, 0) is 54.3 Å². The van der Waals surface area contributed by atoms with E-state index in [2.05, 4.69) is 39.6 Å². The number of hydrogen-bond acceptors (Lipinski definition) is 6. The second-order valence-corrected chi connectivity index (χ2v) is 9.45. The Morgan fingerprint density at radius 2 is 2.06 bits per heavy atom. The standard InChI is InChI=1S/C26H26N4O3S/c1-17(19-11-10-18-6-2-3-7-20(18)14-19)28-23(31)16-34-26-29-24-22(9-4-12-27-24)25(32)30(26)15-21-8-5-13-33-21/h2-4,6-7,9-12,14,17,21H,5,8,13,15-16H2,1H3,(H,28,31)/t17-,21+/m0/s1. The van der Waals surface area contributed by atoms with Gasteiger partial charge in [0.05, 0.1) is 29.8 Å². The number of aromatic nitrogens is 3. The van der Waals surface area contributed by atoms with Crippen molar-refractivity contribution in [1.82, 2.24) is 19.9 Å². The lowest BCUT2D eigenvalue weighted by Crippen LogP contribution is -2.31. The number of hydrogen-bond donors (Lipinski definition) is 1. The highest BCUT2D eigenvalue weighted by Crippen LogP contribution is 2.22. The molecule has 3 heterocycles. The molecule has 8 heteroatoms. The molecule has 1 aliphatic rings. The normalized spacial score (nSPS) is 16.7. The van der Waals surface area contributed by atoms with Crippen molar-refractivity contribution in [2.75, 3.05) is 12.4 Å². The molecule has 1 fully saturated rings. The summed E-state index contributed by atoms with van der Waals surface area (Å²) in [5.41, 5.74) is 1.28. The first-order chi connectivity index (χ1) is 16.6. The molecule has 0 spiro atoms. The molecule has 34 heavy (non-hydrogen) atoms. The lowest BCUT2D eigenvalue weighted by atomic mass is 10.0. The Hall–Kier alpha value is -3.23. The molecule has 1 saturated heterocycles. The Morgan fingerprint density at radius 3 is 2.88 bits per heavy atom. The summed E-state index contributed by atoms with van der Waals surface area (Å²) in [6.07, 6.45) is 3.49. The SMILES string of the molecule is C[C@H](NC(=O)CSc1nc2ncccc2c(=O)n1C[C@H]1CCCO1)c1ccc2ccccc2c1. The van der Waals surface area contributed by atoms with Crippen LogP contribution in [0.3, 0.4) is 0 Å². The average molecular weight is 475 g/mol. The third kappa shape index (κ3) is 4.83. The van der Waals surface area contributed by atoms with Crippen molar-refractivity contribution in [3.63, 3.8) is 0 Å². The predicted molar refractivity (Wildman–Crippen MR) is 134 cm³/mol. The number of pyridine rings is 1. The summed E-state index contributed by atoms with van der Waals surface area (Å²) < 4.78 is 7.37. The molecule has 2 aromatic heterocycles. The molecule has 4 aromatic rings. The lowest BCUT2D eigenvalue weighted by Gasteiger charge is -2.17. The fourth-order valence-corrected chi connectivity index (χ4v) is 5.08. The summed E-state index contributed by atoms with van der Waals surface area (Å²) in [5.74, 6) is 0.0264. The maximum absolute atomic E-state index is 13.2. The fourth-order valence-electron chi connectivity index (χ4n) is 4.27. The van der Waals surface area contributed by atoms with Gasteiger partial charge in [-0.3, -0.25) is 14.2 Å². The van der Waals surface area contributed by atoms with Gasteiger partial charge in [0.15, 0.2) is 10.8 Å². The summed E-state index contributed by atoms with van der Waals surface area (Å²) in [4.78, 5) is 34.8. The van der Waals surface area contributed by atoms with Gasteiger partial charge in [-0.25, -0.2) is 9.97 Å². The lowest BCUT2D eigenvalue weighted by molar-refractivity contribution is -0.119. The summed E-state index contributed by atoms with van der Waals surface area (Å²) in [7, 11) is 0. The second-order valence-electron chi connectivity index (χ2n) is 8.50. The van der Waals surface area contributed by atoms with Crippen LogP contribution in [0.4, 0.5) is 0 Å². The first kappa shape index (κ1) is 22.6. The summed E-state index contributed by atoms with van der Waals surface area (Å²) in [6, 6.07) is 17.7. The highest BCUT2D eigenvalue weighted by molar-refractivity contribution is 7.99. The zero-order valence-corrected chi connectivity index (χ0v) is 19.8. The van der Waals surface area contributed by atoms with Gasteiger partial charge < -0.3 is 10.1 Å². The van der Waals surface area contributed by atoms with Crippen LogP contribution in [0, 0.1) is 0 Å². The Morgan fingerprint density at radius 1 is 1.21 bits per heavy atom. The average Bonchev–Trinajstić information content (AvgIpc) is 3.38. The van der Waals surface area contributed by atoms with E-state index in [4.69, 9.17) is 4.74 Å². The van der Waals surface area contributed by atoms with Gasteiger partial charge >= 0.3 is 0 Å². The number of carbonyl (C=O) groups is 1. The number of amides is 1. The summed E-state index contributed by atoms with van der Waals surface area (Å²) >= 11 is 1.25. The first-order valence-electron chi connectivity index (χ1n) is 11.5. The summed E-state index contributed by atoms with van der Waals surface area (Å²) in [5, 5.41) is 6.33. The van der Waals surface area contributed by atoms with Gasteiger partial charge in [-0.1, -0.05) is 48.2 Å². The largest absolute Gasteiger partial charge is 0.376 e. The van der Waals surface area contributed by atoms with Crippen LogP contribution < -0.4 is 10.9 Å². The van der Waals surface area contributed by atoms with Crippen LogP contribution in [0.5, 0.6) is 0 Å². The Bertz CT molecular complexity index is 1400. The molecule has 0 bridgehead atoms. The van der Waals surface area contributed by atoms with Crippen molar-refractivity contribution in [2.24, 2.45) is 0 Å². The minimum absolute atomic E-state index is 0.0188. The van der Waals surface area contributed by atoms with Crippen molar-refractivity contribution in [1.29, 1.82) is 0 Å². The van der Waals surface area contributed by atoms with Crippen LogP contribution in [0.1, 0.15) is 31.4 Å². The highest BCUT2D eigenvalue weighted by atomic mass is 32.2. The van der Waals surface area contributed by atoms with E-state index in [0.717, 1.165) is 23.8 Å². The number of fused-ring (bicyclic) bond motifs is 2.